The molecule has 21 heavy (non-hydrogen) atoms. The highest BCUT2D eigenvalue weighted by atomic mass is 16.1. The van der Waals surface area contributed by atoms with Crippen molar-refractivity contribution in [2.45, 2.75) is 52.9 Å². The van der Waals surface area contributed by atoms with Crippen molar-refractivity contribution < 1.29 is 11.0 Å². The summed E-state index contributed by atoms with van der Waals surface area (Å²) in [6.45, 7) is 11.4. The van der Waals surface area contributed by atoms with Gasteiger partial charge < -0.3 is 0 Å². The Morgan fingerprint density at radius 3 is 2.67 bits per heavy atom. The van der Waals surface area contributed by atoms with Crippen LogP contribution in [0.4, 0.5) is 0 Å². The fourth-order valence-electron chi connectivity index (χ4n) is 2.40. The maximum absolute atomic E-state index is 12.0. The van der Waals surface area contributed by atoms with Crippen LogP contribution in [0.1, 0.15) is 50.7 Å². The molecule has 1 unspecified atom stereocenters. The van der Waals surface area contributed by atoms with Crippen molar-refractivity contribution in [1.82, 2.24) is 0 Å². The van der Waals surface area contributed by atoms with Crippen molar-refractivity contribution in [3.05, 3.63) is 47.5 Å². The van der Waals surface area contributed by atoms with Gasteiger partial charge in [0.15, 0.2) is 5.78 Å². The predicted octanol–water partition coefficient (Wildman–Crippen LogP) is 4.28. The molecule has 0 spiro atoms. The molecule has 0 aliphatic rings. The average Bonchev–Trinajstić information content (AvgIpc) is 2.46. The maximum Gasteiger partial charge on any atom is 0.155 e. The normalized spacial score (nSPS) is 12.0. The molecule has 2 nitrogen and oxygen atoms in total. The highest BCUT2D eigenvalue weighted by molar-refractivity contribution is 5.88. The first-order valence-electron chi connectivity index (χ1n) is 7.58. The molecule has 0 aromatic heterocycles. The lowest BCUT2D eigenvalue weighted by Crippen LogP contribution is -2.07. The van der Waals surface area contributed by atoms with Crippen LogP contribution in [0.3, 0.4) is 0 Å². The van der Waals surface area contributed by atoms with Crippen molar-refractivity contribution in [3.8, 4) is 0 Å². The molecule has 1 aromatic carbocycles. The Morgan fingerprint density at radius 1 is 1.29 bits per heavy atom. The SMILES string of the molecule is [CH]=CC(=O)CC(C)CCC(=O)CCc1cccc(C)c1C.[H]. The fourth-order valence-corrected chi connectivity index (χ4v) is 2.40. The average molecular weight is 286 g/mol. The third-order valence-electron chi connectivity index (χ3n) is 4.04. The molecule has 0 fully saturated rings. The van der Waals surface area contributed by atoms with Crippen molar-refractivity contribution in [3.63, 3.8) is 0 Å². The zero-order valence-corrected chi connectivity index (χ0v) is 13.3. The summed E-state index contributed by atoms with van der Waals surface area (Å²) in [7, 11) is 0. The van der Waals surface area contributed by atoms with Gasteiger partial charge >= 0.3 is 0 Å². The Kier molecular flexibility index (Phi) is 7.07. The van der Waals surface area contributed by atoms with E-state index in [0.29, 0.717) is 19.3 Å². The summed E-state index contributed by atoms with van der Waals surface area (Å²) in [5.74, 6) is 0.430. The third kappa shape index (κ3) is 6.07. The summed E-state index contributed by atoms with van der Waals surface area (Å²) in [5, 5.41) is 0. The van der Waals surface area contributed by atoms with Crippen LogP contribution in [0.2, 0.25) is 0 Å². The first kappa shape index (κ1) is 17.4. The number of carbonyl (C=O) groups is 2. The van der Waals surface area contributed by atoms with Gasteiger partial charge in [0.25, 0.3) is 0 Å². The van der Waals surface area contributed by atoms with Gasteiger partial charge in [-0.05, 0) is 55.4 Å². The van der Waals surface area contributed by atoms with Crippen LogP contribution in [0.5, 0.6) is 0 Å². The van der Waals surface area contributed by atoms with E-state index in [0.717, 1.165) is 18.9 Å². The number of ketones is 2. The van der Waals surface area contributed by atoms with Crippen molar-refractivity contribution in [1.29, 1.82) is 0 Å². The largest absolute Gasteiger partial charge is 0.300 e. The highest BCUT2D eigenvalue weighted by Crippen LogP contribution is 2.16. The molecule has 0 saturated carbocycles. The van der Waals surface area contributed by atoms with E-state index < -0.39 is 0 Å². The molecule has 0 saturated heterocycles. The Balaban J connectivity index is 0.00000441. The van der Waals surface area contributed by atoms with Crippen LogP contribution in [0.15, 0.2) is 24.3 Å². The van der Waals surface area contributed by atoms with E-state index >= 15 is 0 Å². The number of aryl methyl sites for hydroxylation is 2. The van der Waals surface area contributed by atoms with Crippen LogP contribution < -0.4 is 0 Å². The Morgan fingerprint density at radius 2 is 2.00 bits per heavy atom. The molecule has 0 aliphatic carbocycles. The van der Waals surface area contributed by atoms with Gasteiger partial charge in [-0.15, -0.1) is 0 Å². The number of benzene rings is 1. The minimum atomic E-state index is -0.0506. The first-order valence-corrected chi connectivity index (χ1v) is 7.58. The molecule has 2 heteroatoms. The molecule has 1 aromatic rings. The lowest BCUT2D eigenvalue weighted by Gasteiger charge is -2.10. The van der Waals surface area contributed by atoms with E-state index in [1.54, 1.807) is 0 Å². The quantitative estimate of drug-likeness (QED) is 0.635. The zero-order valence-electron chi connectivity index (χ0n) is 14.3. The van der Waals surface area contributed by atoms with Crippen LogP contribution >= 0.6 is 0 Å². The van der Waals surface area contributed by atoms with Crippen molar-refractivity contribution in [2.24, 2.45) is 5.92 Å². The highest BCUT2D eigenvalue weighted by Gasteiger charge is 2.10. The summed E-state index contributed by atoms with van der Waals surface area (Å²) in [6, 6.07) is 6.22. The van der Waals surface area contributed by atoms with E-state index in [-0.39, 0.29) is 18.9 Å². The number of hydrogen-bond donors (Lipinski definition) is 0. The zero-order chi connectivity index (χ0) is 15.8. The van der Waals surface area contributed by atoms with Gasteiger partial charge in [0.05, 0.1) is 0 Å². The van der Waals surface area contributed by atoms with E-state index in [4.69, 9.17) is 6.58 Å². The lowest BCUT2D eigenvalue weighted by molar-refractivity contribution is -0.120. The topological polar surface area (TPSA) is 34.1 Å². The maximum atomic E-state index is 12.0. The van der Waals surface area contributed by atoms with Gasteiger partial charge in [0.1, 0.15) is 5.78 Å². The van der Waals surface area contributed by atoms with Gasteiger partial charge in [-0.1, -0.05) is 31.7 Å². The van der Waals surface area contributed by atoms with Gasteiger partial charge in [-0.3, -0.25) is 9.59 Å². The second-order valence-corrected chi connectivity index (χ2v) is 5.88. The number of allylic oxidation sites excluding steroid dienone is 1. The summed E-state index contributed by atoms with van der Waals surface area (Å²) >= 11 is 0. The van der Waals surface area contributed by atoms with Gasteiger partial charge in [-0.25, -0.2) is 0 Å². The van der Waals surface area contributed by atoms with Crippen LogP contribution in [0, 0.1) is 26.3 Å². The summed E-state index contributed by atoms with van der Waals surface area (Å²) < 4.78 is 0. The third-order valence-corrected chi connectivity index (χ3v) is 4.04. The minimum Gasteiger partial charge on any atom is -0.300 e. The molecule has 1 atom stereocenters. The van der Waals surface area contributed by atoms with Gasteiger partial charge in [0.2, 0.25) is 0 Å². The Labute approximate surface area is 129 Å². The minimum absolute atomic E-state index is 0. The molecule has 0 aliphatic heterocycles. The molecule has 1 rings (SSSR count). The van der Waals surface area contributed by atoms with Crippen LogP contribution in [-0.2, 0) is 16.0 Å². The van der Waals surface area contributed by atoms with Crippen LogP contribution in [0.25, 0.3) is 0 Å². The van der Waals surface area contributed by atoms with E-state index in [1.807, 2.05) is 13.0 Å². The fraction of sp³-hybridized carbons (Fsp3) is 0.474. The monoisotopic (exact) mass is 286 g/mol. The molecule has 0 heterocycles. The molecular weight excluding hydrogens is 260 g/mol. The first-order chi connectivity index (χ1) is 9.93. The number of hydrogen-bond acceptors (Lipinski definition) is 2. The second-order valence-electron chi connectivity index (χ2n) is 5.88. The number of carbonyl (C=O) groups excluding carboxylic acids is 2. The summed E-state index contributed by atoms with van der Waals surface area (Å²) in [6.07, 6.45) is 4.22. The van der Waals surface area contributed by atoms with E-state index in [1.165, 1.54) is 16.7 Å². The van der Waals surface area contributed by atoms with Gasteiger partial charge in [0, 0.05) is 20.7 Å². The summed E-state index contributed by atoms with van der Waals surface area (Å²) in [5.41, 5.74) is 3.80. The van der Waals surface area contributed by atoms with Crippen molar-refractivity contribution in [2.75, 3.05) is 0 Å². The molecule has 0 bridgehead atoms. The molecular formula is C19H26O2. The standard InChI is InChI=1S/C19H25O2.H/c1-5-18(20)13-14(2)9-11-19(21)12-10-17-8-6-7-15(3)16(17)4;/h1,5-8,14H,9-13H2,2-4H3;. The van der Waals surface area contributed by atoms with Gasteiger partial charge in [-0.2, -0.15) is 0 Å². The Bertz CT molecular complexity index is 520. The number of Topliss-reactive ketones (excluding diaryl/α,β-unsaturated/α-hetero) is 1. The predicted molar refractivity (Wildman–Crippen MR) is 87.2 cm³/mol. The van der Waals surface area contributed by atoms with E-state index in [2.05, 4.69) is 26.0 Å². The van der Waals surface area contributed by atoms with Crippen LogP contribution in [-0.4, -0.2) is 11.6 Å². The number of rotatable bonds is 9. The molecule has 114 valence electrons. The smallest absolute Gasteiger partial charge is 0.155 e. The van der Waals surface area contributed by atoms with E-state index in [9.17, 15) is 9.59 Å². The molecule has 0 N–H and O–H groups in total. The lowest BCUT2D eigenvalue weighted by atomic mass is 9.94. The molecule has 2 radical (unpaired) electrons. The summed E-state index contributed by atoms with van der Waals surface area (Å²) in [4.78, 5) is 23.1. The second kappa shape index (κ2) is 8.56. The van der Waals surface area contributed by atoms with Crippen molar-refractivity contribution >= 4 is 11.6 Å². The molecule has 0 amide bonds. The Hall–Kier alpha value is -1.70.